The minimum Gasteiger partial charge on any atom is -0.494 e. The first-order valence-corrected chi connectivity index (χ1v) is 14.4. The van der Waals surface area contributed by atoms with Gasteiger partial charge in [0, 0.05) is 16.2 Å². The van der Waals surface area contributed by atoms with Gasteiger partial charge in [0.15, 0.2) is 0 Å². The summed E-state index contributed by atoms with van der Waals surface area (Å²) < 4.78 is 27.7. The van der Waals surface area contributed by atoms with Crippen LogP contribution in [0.3, 0.4) is 0 Å². The molecule has 1 heterocycles. The van der Waals surface area contributed by atoms with Crippen LogP contribution in [0.1, 0.15) is 46.8 Å². The van der Waals surface area contributed by atoms with Gasteiger partial charge in [-0.05, 0) is 115 Å². The summed E-state index contributed by atoms with van der Waals surface area (Å²) in [6.45, 7) is 4.82. The number of aryl methyl sites for hydroxylation is 3. The molecule has 0 spiro atoms. The first kappa shape index (κ1) is 23.6. The van der Waals surface area contributed by atoms with Gasteiger partial charge in [0.1, 0.15) is 23.4 Å². The van der Waals surface area contributed by atoms with Gasteiger partial charge in [0.05, 0.1) is 6.61 Å². The van der Waals surface area contributed by atoms with E-state index in [1.807, 2.05) is 41.7 Å². The fourth-order valence-corrected chi connectivity index (χ4v) is 6.71. The summed E-state index contributed by atoms with van der Waals surface area (Å²) in [6.07, 6.45) is 5.90. The highest BCUT2D eigenvalue weighted by Crippen LogP contribution is 2.44. The molecule has 0 saturated heterocycles. The zero-order chi connectivity index (χ0) is 23.7. The third kappa shape index (κ3) is 4.70. The largest absolute Gasteiger partial charge is 0.494 e. The maximum Gasteiger partial charge on any atom is 0.131 e. The molecule has 1 aliphatic heterocycles. The van der Waals surface area contributed by atoms with Gasteiger partial charge in [0.25, 0.3) is 0 Å². The van der Waals surface area contributed by atoms with E-state index < -0.39 is 0 Å². The summed E-state index contributed by atoms with van der Waals surface area (Å²) >= 11 is 3.73. The molecule has 3 aromatic rings. The van der Waals surface area contributed by atoms with E-state index in [0.29, 0.717) is 6.61 Å². The Morgan fingerprint density at radius 3 is 2.62 bits per heavy atom. The van der Waals surface area contributed by atoms with Crippen molar-refractivity contribution in [1.29, 1.82) is 0 Å². The monoisotopic (exact) mass is 494 g/mol. The second-order valence-electron chi connectivity index (χ2n) is 9.13. The Morgan fingerprint density at radius 2 is 1.82 bits per heavy atom. The Morgan fingerprint density at radius 1 is 1.00 bits per heavy atom. The molecular weight excluding hydrogens is 463 g/mol. The highest BCUT2D eigenvalue weighted by Gasteiger charge is 2.30. The molecule has 0 saturated carbocycles. The minimum atomic E-state index is -0.159. The first-order valence-electron chi connectivity index (χ1n) is 12.0. The predicted octanol–water partition coefficient (Wildman–Crippen LogP) is 7.96. The second-order valence-corrected chi connectivity index (χ2v) is 11.3. The molecule has 0 fully saturated rings. The number of rotatable bonds is 8. The Hall–Kier alpha value is -2.11. The van der Waals surface area contributed by atoms with Crippen molar-refractivity contribution in [1.82, 2.24) is 0 Å². The number of halogens is 1. The second kappa shape index (κ2) is 10.2. The quantitative estimate of drug-likeness (QED) is 0.296. The van der Waals surface area contributed by atoms with Crippen LogP contribution in [-0.4, -0.2) is 24.4 Å². The van der Waals surface area contributed by atoms with E-state index in [9.17, 15) is 0 Å². The number of thioether (sulfide) groups is 2. The van der Waals surface area contributed by atoms with Crippen molar-refractivity contribution in [2.45, 2.75) is 50.5 Å². The van der Waals surface area contributed by atoms with Crippen LogP contribution in [0.5, 0.6) is 11.5 Å². The van der Waals surface area contributed by atoms with Gasteiger partial charge in [-0.15, -0.1) is 11.8 Å². The Kier molecular flexibility index (Phi) is 7.12. The summed E-state index contributed by atoms with van der Waals surface area (Å²) in [4.78, 5) is 1.33. The van der Waals surface area contributed by atoms with E-state index in [1.165, 1.54) is 10.5 Å². The van der Waals surface area contributed by atoms with Crippen LogP contribution < -0.4 is 9.47 Å². The van der Waals surface area contributed by atoms with Crippen molar-refractivity contribution in [2.24, 2.45) is 0 Å². The van der Waals surface area contributed by atoms with Crippen LogP contribution in [-0.2, 0) is 12.8 Å². The molecule has 0 aromatic heterocycles. The molecule has 1 unspecified atom stereocenters. The van der Waals surface area contributed by atoms with Gasteiger partial charge in [-0.2, -0.15) is 11.8 Å². The average Bonchev–Trinajstić information content (AvgIpc) is 3.44. The molecule has 0 bridgehead atoms. The molecule has 1 aliphatic carbocycles. The summed E-state index contributed by atoms with van der Waals surface area (Å²) in [5.74, 6) is 3.85. The lowest BCUT2D eigenvalue weighted by Gasteiger charge is -2.19. The number of benzene rings is 3. The molecule has 0 N–H and O–H groups in total. The molecule has 3 aromatic carbocycles. The average molecular weight is 495 g/mol. The molecule has 2 aliphatic rings. The molecule has 1 atom stereocenters. The van der Waals surface area contributed by atoms with Gasteiger partial charge >= 0.3 is 0 Å². The number of hydrogen-bond donors (Lipinski definition) is 0. The third-order valence-corrected chi connectivity index (χ3v) is 8.56. The molecule has 34 heavy (non-hydrogen) atoms. The lowest BCUT2D eigenvalue weighted by atomic mass is 9.90. The maximum absolute atomic E-state index is 15.3. The van der Waals surface area contributed by atoms with Crippen molar-refractivity contribution < 1.29 is 13.9 Å². The third-order valence-electron chi connectivity index (χ3n) is 6.77. The fraction of sp³-hybridized carbons (Fsp3) is 0.379. The van der Waals surface area contributed by atoms with E-state index >= 15 is 4.39 Å². The van der Waals surface area contributed by atoms with E-state index in [2.05, 4.69) is 38.3 Å². The van der Waals surface area contributed by atoms with Crippen molar-refractivity contribution in [3.05, 3.63) is 76.1 Å². The van der Waals surface area contributed by atoms with E-state index in [1.54, 1.807) is 6.07 Å². The normalized spacial score (nSPS) is 16.4. The molecule has 5 rings (SSSR count). The summed E-state index contributed by atoms with van der Waals surface area (Å²) in [7, 11) is 0. The first-order chi connectivity index (χ1) is 16.5. The Labute approximate surface area is 210 Å². The molecule has 0 amide bonds. The topological polar surface area (TPSA) is 18.5 Å². The highest BCUT2D eigenvalue weighted by atomic mass is 32.2. The SMILES string of the molecule is CSCCCOc1cc(C)c(-c2c(F)ccc3c2CCC3Oc2ccc3c(c2)SCC3)c(C)c1. The van der Waals surface area contributed by atoms with E-state index in [4.69, 9.17) is 9.47 Å². The van der Waals surface area contributed by atoms with Gasteiger partial charge in [-0.1, -0.05) is 12.1 Å². The van der Waals surface area contributed by atoms with Crippen molar-refractivity contribution in [3.8, 4) is 22.6 Å². The van der Waals surface area contributed by atoms with E-state index in [0.717, 1.165) is 82.1 Å². The van der Waals surface area contributed by atoms with Gasteiger partial charge in [-0.3, -0.25) is 0 Å². The summed E-state index contributed by atoms with van der Waals surface area (Å²) in [5, 5.41) is 0. The molecule has 0 radical (unpaired) electrons. The van der Waals surface area contributed by atoms with Crippen LogP contribution in [0, 0.1) is 19.7 Å². The minimum absolute atomic E-state index is 0.0431. The standard InChI is InChI=1S/C29H31FO2S2/c1-18-15-22(31-12-4-13-33-3)16-19(2)28(18)29-24-8-10-26(23(24)7-9-25(29)30)32-21-6-5-20-11-14-34-27(20)17-21/h5-7,9,15-17,26H,4,8,10-14H2,1-3H3. The fourth-order valence-electron chi connectivity index (χ4n) is 5.21. The van der Waals surface area contributed by atoms with Crippen LogP contribution in [0.2, 0.25) is 0 Å². The van der Waals surface area contributed by atoms with Crippen LogP contribution in [0.4, 0.5) is 4.39 Å². The summed E-state index contributed by atoms with van der Waals surface area (Å²) in [6, 6.07) is 14.1. The van der Waals surface area contributed by atoms with E-state index in [-0.39, 0.29) is 11.9 Å². The highest BCUT2D eigenvalue weighted by molar-refractivity contribution is 7.99. The number of fused-ring (bicyclic) bond motifs is 2. The zero-order valence-corrected chi connectivity index (χ0v) is 21.7. The van der Waals surface area contributed by atoms with Gasteiger partial charge in [-0.25, -0.2) is 4.39 Å². The van der Waals surface area contributed by atoms with Crippen molar-refractivity contribution in [3.63, 3.8) is 0 Å². The van der Waals surface area contributed by atoms with Crippen LogP contribution in [0.25, 0.3) is 11.1 Å². The predicted molar refractivity (Wildman–Crippen MR) is 142 cm³/mol. The zero-order valence-electron chi connectivity index (χ0n) is 20.1. The molecule has 5 heteroatoms. The lowest BCUT2D eigenvalue weighted by molar-refractivity contribution is 0.207. The lowest BCUT2D eigenvalue weighted by Crippen LogP contribution is -2.05. The Bertz CT molecular complexity index is 1180. The van der Waals surface area contributed by atoms with Crippen molar-refractivity contribution in [2.75, 3.05) is 24.4 Å². The molecular formula is C29H31FO2S2. The number of ether oxygens (including phenoxy) is 2. The Balaban J connectivity index is 1.43. The van der Waals surface area contributed by atoms with Crippen LogP contribution >= 0.6 is 23.5 Å². The molecule has 2 nitrogen and oxygen atoms in total. The smallest absolute Gasteiger partial charge is 0.131 e. The maximum atomic E-state index is 15.3. The number of hydrogen-bond acceptors (Lipinski definition) is 4. The summed E-state index contributed by atoms with van der Waals surface area (Å²) in [5.41, 5.74) is 7.43. The van der Waals surface area contributed by atoms with Crippen molar-refractivity contribution >= 4 is 23.5 Å². The van der Waals surface area contributed by atoms with Gasteiger partial charge < -0.3 is 9.47 Å². The van der Waals surface area contributed by atoms with Crippen LogP contribution in [0.15, 0.2) is 47.4 Å². The van der Waals surface area contributed by atoms with Gasteiger partial charge in [0.2, 0.25) is 0 Å². The molecule has 178 valence electrons.